The Bertz CT molecular complexity index is 591. The number of aromatic nitrogens is 2. The van der Waals surface area contributed by atoms with Crippen LogP contribution >= 0.6 is 0 Å². The van der Waals surface area contributed by atoms with E-state index in [9.17, 15) is 8.42 Å². The molecule has 3 N–H and O–H groups in total. The maximum Gasteiger partial charge on any atom is 0.240 e. The SMILES string of the molecule is O=S(=O)(NCCc1cnc[nH]1)c1ccc(O)cc1. The molecule has 2 rings (SSSR count). The molecule has 0 radical (unpaired) electrons. The maximum absolute atomic E-state index is 11.9. The Balaban J connectivity index is 1.97. The van der Waals surface area contributed by atoms with Gasteiger partial charge in [-0.15, -0.1) is 0 Å². The summed E-state index contributed by atoms with van der Waals surface area (Å²) in [6.07, 6.45) is 3.73. The van der Waals surface area contributed by atoms with Crippen LogP contribution < -0.4 is 4.72 Å². The van der Waals surface area contributed by atoms with E-state index >= 15 is 0 Å². The van der Waals surface area contributed by atoms with Gasteiger partial charge in [0.15, 0.2) is 0 Å². The van der Waals surface area contributed by atoms with Crippen LogP contribution in [0.2, 0.25) is 0 Å². The lowest BCUT2D eigenvalue weighted by atomic mass is 10.3. The highest BCUT2D eigenvalue weighted by Crippen LogP contribution is 2.13. The topological polar surface area (TPSA) is 95.1 Å². The van der Waals surface area contributed by atoms with Gasteiger partial charge in [-0.2, -0.15) is 0 Å². The molecule has 0 bridgehead atoms. The van der Waals surface area contributed by atoms with E-state index in [1.165, 1.54) is 24.3 Å². The number of nitrogens with zero attached hydrogens (tertiary/aromatic N) is 1. The summed E-state index contributed by atoms with van der Waals surface area (Å²) < 4.78 is 26.2. The molecule has 0 unspecified atom stereocenters. The molecule has 0 amide bonds. The van der Waals surface area contributed by atoms with Gasteiger partial charge in [-0.1, -0.05) is 0 Å². The molecular weight excluding hydrogens is 254 g/mol. The minimum atomic E-state index is -3.53. The van der Waals surface area contributed by atoms with Crippen molar-refractivity contribution in [1.82, 2.24) is 14.7 Å². The van der Waals surface area contributed by atoms with E-state index in [1.54, 1.807) is 12.5 Å². The molecule has 1 aromatic carbocycles. The highest BCUT2D eigenvalue weighted by molar-refractivity contribution is 7.89. The van der Waals surface area contributed by atoms with E-state index in [0.717, 1.165) is 5.69 Å². The number of rotatable bonds is 5. The van der Waals surface area contributed by atoms with Crippen LogP contribution in [0.15, 0.2) is 41.7 Å². The highest BCUT2D eigenvalue weighted by atomic mass is 32.2. The zero-order chi connectivity index (χ0) is 13.0. The van der Waals surface area contributed by atoms with Gasteiger partial charge < -0.3 is 10.1 Å². The van der Waals surface area contributed by atoms with Gasteiger partial charge in [-0.3, -0.25) is 0 Å². The first-order valence-electron chi connectivity index (χ1n) is 5.34. The largest absolute Gasteiger partial charge is 0.508 e. The van der Waals surface area contributed by atoms with E-state index in [-0.39, 0.29) is 17.2 Å². The molecule has 0 aliphatic heterocycles. The molecule has 0 aliphatic carbocycles. The third kappa shape index (κ3) is 3.08. The molecule has 0 saturated carbocycles. The number of sulfonamides is 1. The van der Waals surface area contributed by atoms with Gasteiger partial charge in [0.2, 0.25) is 10.0 Å². The summed E-state index contributed by atoms with van der Waals surface area (Å²) in [5.41, 5.74) is 0.864. The van der Waals surface area contributed by atoms with Gasteiger partial charge in [-0.05, 0) is 24.3 Å². The number of imidazole rings is 1. The van der Waals surface area contributed by atoms with Crippen molar-refractivity contribution >= 4 is 10.0 Å². The van der Waals surface area contributed by atoms with Crippen molar-refractivity contribution in [1.29, 1.82) is 0 Å². The number of hydrogen-bond acceptors (Lipinski definition) is 4. The van der Waals surface area contributed by atoms with Crippen LogP contribution in [0.5, 0.6) is 5.75 Å². The average molecular weight is 267 g/mol. The molecule has 18 heavy (non-hydrogen) atoms. The number of phenolic OH excluding ortho intramolecular Hbond substituents is 1. The lowest BCUT2D eigenvalue weighted by molar-refractivity contribution is 0.474. The molecule has 6 nitrogen and oxygen atoms in total. The first-order chi connectivity index (χ1) is 8.58. The Kier molecular flexibility index (Phi) is 3.63. The number of hydrogen-bond donors (Lipinski definition) is 3. The molecule has 0 spiro atoms. The second-order valence-corrected chi connectivity index (χ2v) is 5.49. The van der Waals surface area contributed by atoms with Gasteiger partial charge in [-0.25, -0.2) is 18.1 Å². The Morgan fingerprint density at radius 3 is 2.61 bits per heavy atom. The predicted molar refractivity (Wildman–Crippen MR) is 65.6 cm³/mol. The van der Waals surface area contributed by atoms with E-state index in [2.05, 4.69) is 14.7 Å². The number of aromatic amines is 1. The van der Waals surface area contributed by atoms with Crippen molar-refractivity contribution < 1.29 is 13.5 Å². The van der Waals surface area contributed by atoms with Gasteiger partial charge in [0.1, 0.15) is 5.75 Å². The van der Waals surface area contributed by atoms with Gasteiger partial charge in [0.05, 0.1) is 11.2 Å². The van der Waals surface area contributed by atoms with E-state index in [0.29, 0.717) is 6.42 Å². The minimum Gasteiger partial charge on any atom is -0.508 e. The summed E-state index contributed by atoms with van der Waals surface area (Å²) in [7, 11) is -3.53. The number of benzene rings is 1. The van der Waals surface area contributed by atoms with Gasteiger partial charge in [0, 0.05) is 24.9 Å². The lowest BCUT2D eigenvalue weighted by Gasteiger charge is -2.06. The first kappa shape index (κ1) is 12.6. The van der Waals surface area contributed by atoms with Crippen molar-refractivity contribution in [2.45, 2.75) is 11.3 Å². The normalized spacial score (nSPS) is 11.6. The predicted octanol–water partition coefficient (Wildman–Crippen LogP) is 0.636. The van der Waals surface area contributed by atoms with Crippen LogP contribution in [0.25, 0.3) is 0 Å². The van der Waals surface area contributed by atoms with Crippen LogP contribution in [0.4, 0.5) is 0 Å². The molecule has 7 heteroatoms. The third-order valence-electron chi connectivity index (χ3n) is 2.39. The number of nitrogens with one attached hydrogen (secondary N) is 2. The minimum absolute atomic E-state index is 0.0337. The Hall–Kier alpha value is -1.86. The van der Waals surface area contributed by atoms with Crippen LogP contribution in [0.3, 0.4) is 0 Å². The Labute approximate surface area is 105 Å². The maximum atomic E-state index is 11.9. The smallest absolute Gasteiger partial charge is 0.240 e. The molecule has 0 atom stereocenters. The summed E-state index contributed by atoms with van der Waals surface area (Å²) in [6, 6.07) is 5.38. The summed E-state index contributed by atoms with van der Waals surface area (Å²) in [5, 5.41) is 9.10. The Morgan fingerprint density at radius 1 is 1.28 bits per heavy atom. The molecule has 0 fully saturated rings. The molecule has 0 aliphatic rings. The fraction of sp³-hybridized carbons (Fsp3) is 0.182. The summed E-state index contributed by atoms with van der Waals surface area (Å²) in [4.78, 5) is 6.87. The molecule has 0 saturated heterocycles. The van der Waals surface area contributed by atoms with Crippen LogP contribution in [-0.4, -0.2) is 30.0 Å². The van der Waals surface area contributed by atoms with Crippen LogP contribution in [-0.2, 0) is 16.4 Å². The van der Waals surface area contributed by atoms with Crippen LogP contribution in [0.1, 0.15) is 5.69 Å². The van der Waals surface area contributed by atoms with Crippen molar-refractivity contribution in [2.24, 2.45) is 0 Å². The monoisotopic (exact) mass is 267 g/mol. The number of H-pyrrole nitrogens is 1. The van der Waals surface area contributed by atoms with Crippen molar-refractivity contribution in [3.63, 3.8) is 0 Å². The van der Waals surface area contributed by atoms with E-state index in [1.807, 2.05) is 0 Å². The van der Waals surface area contributed by atoms with Gasteiger partial charge in [0.25, 0.3) is 0 Å². The summed E-state index contributed by atoms with van der Waals surface area (Å²) in [6.45, 7) is 0.283. The lowest BCUT2D eigenvalue weighted by Crippen LogP contribution is -2.26. The zero-order valence-corrected chi connectivity index (χ0v) is 10.3. The third-order valence-corrected chi connectivity index (χ3v) is 3.87. The molecular formula is C11H13N3O3S. The summed E-state index contributed by atoms with van der Waals surface area (Å²) >= 11 is 0. The quantitative estimate of drug-likeness (QED) is 0.740. The van der Waals surface area contributed by atoms with Crippen molar-refractivity contribution in [3.8, 4) is 5.75 Å². The highest BCUT2D eigenvalue weighted by Gasteiger charge is 2.12. The molecule has 96 valence electrons. The average Bonchev–Trinajstić information content (AvgIpc) is 2.82. The number of phenols is 1. The Morgan fingerprint density at radius 2 is 2.00 bits per heavy atom. The zero-order valence-electron chi connectivity index (χ0n) is 9.50. The standard InChI is InChI=1S/C11H13N3O3S/c15-10-1-3-11(4-2-10)18(16,17)14-6-5-9-7-12-8-13-9/h1-4,7-8,14-15H,5-6H2,(H,12,13). The van der Waals surface area contributed by atoms with E-state index in [4.69, 9.17) is 5.11 Å². The first-order valence-corrected chi connectivity index (χ1v) is 6.82. The molecule has 1 aromatic heterocycles. The van der Waals surface area contributed by atoms with Crippen molar-refractivity contribution in [2.75, 3.05) is 6.54 Å². The fourth-order valence-electron chi connectivity index (χ4n) is 1.45. The number of aromatic hydroxyl groups is 1. The van der Waals surface area contributed by atoms with Crippen LogP contribution in [0, 0.1) is 0 Å². The fourth-order valence-corrected chi connectivity index (χ4v) is 2.48. The molecule has 2 aromatic rings. The second kappa shape index (κ2) is 5.19. The molecule has 1 heterocycles. The van der Waals surface area contributed by atoms with Gasteiger partial charge >= 0.3 is 0 Å². The van der Waals surface area contributed by atoms with Crippen molar-refractivity contribution in [3.05, 3.63) is 42.5 Å². The second-order valence-electron chi connectivity index (χ2n) is 3.72. The summed E-state index contributed by atoms with van der Waals surface area (Å²) in [5.74, 6) is 0.0337. The van der Waals surface area contributed by atoms with E-state index < -0.39 is 10.0 Å².